The summed E-state index contributed by atoms with van der Waals surface area (Å²) in [6.45, 7) is 4.28. The van der Waals surface area contributed by atoms with Gasteiger partial charge in [-0.25, -0.2) is 4.99 Å². The second-order valence-electron chi connectivity index (χ2n) is 6.26. The lowest BCUT2D eigenvalue weighted by atomic mass is 10.0. The first kappa shape index (κ1) is 17.0. The zero-order chi connectivity index (χ0) is 17.8. The summed E-state index contributed by atoms with van der Waals surface area (Å²) >= 11 is 0. The molecule has 0 aliphatic rings. The van der Waals surface area contributed by atoms with E-state index in [9.17, 15) is 0 Å². The van der Waals surface area contributed by atoms with E-state index in [1.54, 1.807) is 0 Å². The summed E-state index contributed by atoms with van der Waals surface area (Å²) in [7, 11) is 4.09. The topological polar surface area (TPSA) is 18.9 Å². The molecule has 0 bridgehead atoms. The van der Waals surface area contributed by atoms with Gasteiger partial charge in [0.05, 0.1) is 0 Å². The number of allylic oxidation sites excluding steroid dienone is 3. The lowest BCUT2D eigenvalue weighted by molar-refractivity contribution is -0.418. The van der Waals surface area contributed by atoms with Gasteiger partial charge in [-0.3, -0.25) is 0 Å². The van der Waals surface area contributed by atoms with Crippen molar-refractivity contribution in [3.8, 4) is 0 Å². The Kier molecular flexibility index (Phi) is 4.99. The molecule has 2 nitrogen and oxygen atoms in total. The van der Waals surface area contributed by atoms with Crippen LogP contribution in [0.1, 0.15) is 23.7 Å². The van der Waals surface area contributed by atoms with Gasteiger partial charge in [-0.2, -0.15) is 0 Å². The second kappa shape index (κ2) is 7.35. The summed E-state index contributed by atoms with van der Waals surface area (Å²) < 4.78 is 2.25. The van der Waals surface area contributed by atoms with E-state index in [0.717, 1.165) is 5.71 Å². The van der Waals surface area contributed by atoms with Crippen LogP contribution in [0.5, 0.6) is 0 Å². The molecule has 0 atom stereocenters. The minimum Gasteiger partial charge on any atom is -0.347 e. The lowest BCUT2D eigenvalue weighted by Gasteiger charge is -2.02. The van der Waals surface area contributed by atoms with E-state index in [1.165, 1.54) is 33.3 Å². The molecule has 0 saturated heterocycles. The standard InChI is InChI=1S/C23H24N2/c1-17(24-3)20(19-11-6-5-7-12-19)14-10-15-21-18(2)25(4)23-16-9-8-13-22(21)23/h5-16H,1-4H3/p+1/b15-10+,20-14+,24-17?. The Labute approximate surface area is 149 Å². The number of nitrogens with one attached hydrogen (secondary N) is 1. The molecule has 3 rings (SSSR count). The second-order valence-corrected chi connectivity index (χ2v) is 6.26. The predicted octanol–water partition coefficient (Wildman–Crippen LogP) is 3.75. The number of hydrogen-bond donors (Lipinski definition) is 1. The van der Waals surface area contributed by atoms with Crippen LogP contribution < -0.4 is 4.99 Å². The van der Waals surface area contributed by atoms with E-state index in [-0.39, 0.29) is 0 Å². The van der Waals surface area contributed by atoms with Crippen LogP contribution in [0.3, 0.4) is 0 Å². The number of aromatic nitrogens is 1. The van der Waals surface area contributed by atoms with Crippen molar-refractivity contribution in [1.29, 1.82) is 0 Å². The smallest absolute Gasteiger partial charge is 0.178 e. The average molecular weight is 329 g/mol. The number of hydrogen-bond acceptors (Lipinski definition) is 0. The van der Waals surface area contributed by atoms with Gasteiger partial charge in [-0.05, 0) is 24.6 Å². The van der Waals surface area contributed by atoms with Crippen LogP contribution >= 0.6 is 0 Å². The van der Waals surface area contributed by atoms with Crippen molar-refractivity contribution in [1.82, 2.24) is 4.57 Å². The first-order valence-electron chi connectivity index (χ1n) is 8.63. The Morgan fingerprint density at radius 2 is 1.68 bits per heavy atom. The molecule has 1 aromatic heterocycles. The van der Waals surface area contributed by atoms with Crippen LogP contribution in [0.25, 0.3) is 22.6 Å². The molecule has 0 unspecified atom stereocenters. The zero-order valence-corrected chi connectivity index (χ0v) is 15.4. The van der Waals surface area contributed by atoms with Gasteiger partial charge in [0.1, 0.15) is 7.05 Å². The molecule has 0 aliphatic heterocycles. The molecule has 0 radical (unpaired) electrons. The van der Waals surface area contributed by atoms with Crippen LogP contribution in [0, 0.1) is 6.92 Å². The van der Waals surface area contributed by atoms with Crippen LogP contribution in [-0.4, -0.2) is 17.3 Å². The monoisotopic (exact) mass is 329 g/mol. The third-order valence-corrected chi connectivity index (χ3v) is 4.84. The highest BCUT2D eigenvalue weighted by Gasteiger charge is 2.09. The van der Waals surface area contributed by atoms with Crippen LogP contribution in [0.15, 0.2) is 66.7 Å². The van der Waals surface area contributed by atoms with E-state index >= 15 is 0 Å². The first-order valence-corrected chi connectivity index (χ1v) is 8.63. The third kappa shape index (κ3) is 3.34. The van der Waals surface area contributed by atoms with E-state index in [2.05, 4.69) is 97.2 Å². The summed E-state index contributed by atoms with van der Waals surface area (Å²) in [6, 6.07) is 19.0. The van der Waals surface area contributed by atoms with Gasteiger partial charge in [0.15, 0.2) is 5.71 Å². The van der Waals surface area contributed by atoms with Gasteiger partial charge in [-0.1, -0.05) is 60.7 Å². The quantitative estimate of drug-likeness (QED) is 0.555. The summed E-state index contributed by atoms with van der Waals surface area (Å²) in [5.74, 6) is 0. The molecule has 2 heteroatoms. The maximum absolute atomic E-state index is 3.27. The minimum absolute atomic E-state index is 1.16. The Hall–Kier alpha value is -2.87. The van der Waals surface area contributed by atoms with Crippen molar-refractivity contribution < 1.29 is 4.99 Å². The molecule has 1 heterocycles. The molecule has 3 aromatic rings. The Balaban J connectivity index is 2.04. The van der Waals surface area contributed by atoms with Gasteiger partial charge in [0, 0.05) is 41.7 Å². The average Bonchev–Trinajstić information content (AvgIpc) is 2.90. The highest BCUT2D eigenvalue weighted by atomic mass is 14.9. The van der Waals surface area contributed by atoms with Gasteiger partial charge >= 0.3 is 0 Å². The molecule has 1 N–H and O–H groups in total. The van der Waals surface area contributed by atoms with Gasteiger partial charge in [0.25, 0.3) is 0 Å². The molecule has 0 fully saturated rings. The normalized spacial score (nSPS) is 13.1. The molecule has 0 saturated carbocycles. The highest BCUT2D eigenvalue weighted by Crippen LogP contribution is 2.26. The minimum atomic E-state index is 1.16. The Bertz CT molecular complexity index is 970. The van der Waals surface area contributed by atoms with Crippen LogP contribution in [0.2, 0.25) is 0 Å². The highest BCUT2D eigenvalue weighted by molar-refractivity contribution is 6.20. The van der Waals surface area contributed by atoms with Crippen molar-refractivity contribution in [2.24, 2.45) is 7.05 Å². The number of para-hydroxylation sites is 1. The maximum atomic E-state index is 3.27. The summed E-state index contributed by atoms with van der Waals surface area (Å²) in [5.41, 5.74) is 7.41. The molecule has 2 aromatic carbocycles. The largest absolute Gasteiger partial charge is 0.347 e. The zero-order valence-electron chi connectivity index (χ0n) is 15.4. The number of aryl methyl sites for hydroxylation is 1. The number of benzene rings is 2. The fourth-order valence-corrected chi connectivity index (χ4v) is 3.19. The lowest BCUT2D eigenvalue weighted by Crippen LogP contribution is -2.67. The summed E-state index contributed by atoms with van der Waals surface area (Å²) in [4.78, 5) is 3.27. The van der Waals surface area contributed by atoms with Crippen molar-refractivity contribution in [3.05, 3.63) is 83.6 Å². The maximum Gasteiger partial charge on any atom is 0.178 e. The Morgan fingerprint density at radius 1 is 1.00 bits per heavy atom. The molecular weight excluding hydrogens is 304 g/mol. The summed E-state index contributed by atoms with van der Waals surface area (Å²) in [5, 5.41) is 1.29. The van der Waals surface area contributed by atoms with Crippen molar-refractivity contribution in [2.45, 2.75) is 13.8 Å². The fraction of sp³-hybridized carbons (Fsp3) is 0.174. The van der Waals surface area contributed by atoms with Crippen LogP contribution in [0.4, 0.5) is 0 Å². The molecule has 0 spiro atoms. The number of fused-ring (bicyclic) bond motifs is 1. The van der Waals surface area contributed by atoms with Crippen molar-refractivity contribution in [3.63, 3.8) is 0 Å². The molecular formula is C23H25N2+. The predicted molar refractivity (Wildman–Crippen MR) is 109 cm³/mol. The van der Waals surface area contributed by atoms with Crippen LogP contribution in [-0.2, 0) is 7.05 Å². The fourth-order valence-electron chi connectivity index (χ4n) is 3.19. The SMILES string of the molecule is C[NH+]=C(C)/C(=C\C=C\c1c(C)n(C)c2ccccc12)c1ccccc1. The van der Waals surface area contributed by atoms with Gasteiger partial charge in [-0.15, -0.1) is 0 Å². The van der Waals surface area contributed by atoms with Crippen molar-refractivity contribution in [2.75, 3.05) is 7.05 Å². The van der Waals surface area contributed by atoms with E-state index < -0.39 is 0 Å². The third-order valence-electron chi connectivity index (χ3n) is 4.84. The summed E-state index contributed by atoms with van der Waals surface area (Å²) in [6.07, 6.45) is 6.55. The van der Waals surface area contributed by atoms with Gasteiger partial charge < -0.3 is 4.57 Å². The van der Waals surface area contributed by atoms with Crippen molar-refractivity contribution >= 4 is 28.3 Å². The molecule has 25 heavy (non-hydrogen) atoms. The number of rotatable bonds is 4. The van der Waals surface area contributed by atoms with E-state index in [4.69, 9.17) is 0 Å². The Morgan fingerprint density at radius 3 is 2.40 bits per heavy atom. The van der Waals surface area contributed by atoms with E-state index in [1.807, 2.05) is 13.1 Å². The van der Waals surface area contributed by atoms with Gasteiger partial charge in [0.2, 0.25) is 0 Å². The molecule has 0 aliphatic carbocycles. The first-order chi connectivity index (χ1) is 12.1. The number of nitrogens with zero attached hydrogens (tertiary/aromatic N) is 1. The molecule has 0 amide bonds. The van der Waals surface area contributed by atoms with E-state index in [0.29, 0.717) is 0 Å². The molecule has 126 valence electrons.